The quantitative estimate of drug-likeness (QED) is 0.861. The number of hydrogen-bond donors (Lipinski definition) is 2. The molecular formula is C19H16N2O5. The average Bonchev–Trinajstić information content (AvgIpc) is 2.65. The van der Waals surface area contributed by atoms with Crippen LogP contribution in [0.2, 0.25) is 0 Å². The van der Waals surface area contributed by atoms with E-state index in [1.807, 2.05) is 6.07 Å². The number of carboxylic acid groups (broad SMARTS) is 1. The Kier molecular flexibility index (Phi) is 3.84. The van der Waals surface area contributed by atoms with Crippen LogP contribution < -0.4 is 10.1 Å². The van der Waals surface area contributed by atoms with E-state index in [9.17, 15) is 14.4 Å². The summed E-state index contributed by atoms with van der Waals surface area (Å²) in [6.45, 7) is 0.878. The minimum Gasteiger partial charge on any atom is -0.482 e. The van der Waals surface area contributed by atoms with Crippen molar-refractivity contribution < 1.29 is 24.2 Å². The Morgan fingerprint density at radius 2 is 1.88 bits per heavy atom. The molecule has 0 spiro atoms. The molecule has 2 aromatic carbocycles. The number of aromatic carboxylic acids is 1. The van der Waals surface area contributed by atoms with Crippen molar-refractivity contribution in [1.29, 1.82) is 0 Å². The van der Waals surface area contributed by atoms with Gasteiger partial charge in [0.1, 0.15) is 5.75 Å². The molecule has 0 unspecified atom stereocenters. The third-order valence-electron chi connectivity index (χ3n) is 4.61. The average molecular weight is 352 g/mol. The molecule has 0 bridgehead atoms. The molecule has 4 rings (SSSR count). The fourth-order valence-corrected chi connectivity index (χ4v) is 3.26. The molecule has 2 N–H and O–H groups in total. The van der Waals surface area contributed by atoms with E-state index < -0.39 is 5.97 Å². The van der Waals surface area contributed by atoms with Gasteiger partial charge in [-0.1, -0.05) is 6.07 Å². The lowest BCUT2D eigenvalue weighted by Gasteiger charge is -2.29. The summed E-state index contributed by atoms with van der Waals surface area (Å²) in [6.07, 6.45) is 0.672. The Bertz CT molecular complexity index is 938. The Labute approximate surface area is 149 Å². The van der Waals surface area contributed by atoms with Gasteiger partial charge in [0.05, 0.1) is 11.3 Å². The first-order chi connectivity index (χ1) is 12.5. The van der Waals surface area contributed by atoms with E-state index in [4.69, 9.17) is 9.84 Å². The van der Waals surface area contributed by atoms with Crippen LogP contribution in [0.5, 0.6) is 5.75 Å². The van der Waals surface area contributed by atoms with E-state index in [0.717, 1.165) is 11.1 Å². The van der Waals surface area contributed by atoms with Crippen LogP contribution in [0, 0.1) is 0 Å². The first-order valence-electron chi connectivity index (χ1n) is 8.22. The van der Waals surface area contributed by atoms with E-state index in [-0.39, 0.29) is 24.0 Å². The van der Waals surface area contributed by atoms with Crippen molar-refractivity contribution in [3.8, 4) is 5.75 Å². The highest BCUT2D eigenvalue weighted by molar-refractivity contribution is 6.00. The molecule has 0 saturated heterocycles. The van der Waals surface area contributed by atoms with Crippen molar-refractivity contribution in [2.24, 2.45) is 0 Å². The zero-order valence-corrected chi connectivity index (χ0v) is 13.8. The standard InChI is InChI=1S/C19H16N2O5/c22-17-10-26-16-4-3-12(8-15(16)20-17)18(23)21-6-5-11-1-2-13(19(24)25)7-14(11)9-21/h1-4,7-8H,5-6,9-10H2,(H,20,22)(H,24,25). The summed E-state index contributed by atoms with van der Waals surface area (Å²) in [5.74, 6) is -0.868. The predicted octanol–water partition coefficient (Wildman–Crippen LogP) is 1.91. The maximum Gasteiger partial charge on any atom is 0.335 e. The lowest BCUT2D eigenvalue weighted by Crippen LogP contribution is -2.36. The molecule has 7 nitrogen and oxygen atoms in total. The van der Waals surface area contributed by atoms with E-state index in [1.165, 1.54) is 0 Å². The van der Waals surface area contributed by atoms with Crippen molar-refractivity contribution in [3.05, 3.63) is 58.7 Å². The number of amides is 2. The van der Waals surface area contributed by atoms with Crippen LogP contribution in [0.15, 0.2) is 36.4 Å². The zero-order valence-electron chi connectivity index (χ0n) is 13.8. The molecule has 0 radical (unpaired) electrons. The SMILES string of the molecule is O=C1COc2ccc(C(=O)N3CCc4ccc(C(=O)O)cc4C3)cc2N1. The first-order valence-corrected chi connectivity index (χ1v) is 8.22. The fraction of sp³-hybridized carbons (Fsp3) is 0.211. The maximum absolute atomic E-state index is 12.9. The molecule has 2 amide bonds. The van der Waals surface area contributed by atoms with Gasteiger partial charge in [0.15, 0.2) is 6.61 Å². The molecular weight excluding hydrogens is 336 g/mol. The second-order valence-electron chi connectivity index (χ2n) is 6.31. The second kappa shape index (κ2) is 6.18. The molecule has 26 heavy (non-hydrogen) atoms. The van der Waals surface area contributed by atoms with Gasteiger partial charge >= 0.3 is 5.97 Å². The Morgan fingerprint density at radius 1 is 1.08 bits per heavy atom. The number of carbonyl (C=O) groups excluding carboxylic acids is 2. The van der Waals surface area contributed by atoms with Crippen molar-refractivity contribution in [2.45, 2.75) is 13.0 Å². The van der Waals surface area contributed by atoms with Crippen molar-refractivity contribution in [3.63, 3.8) is 0 Å². The summed E-state index contributed by atoms with van der Waals surface area (Å²) >= 11 is 0. The molecule has 2 aliphatic heterocycles. The smallest absolute Gasteiger partial charge is 0.335 e. The summed E-state index contributed by atoms with van der Waals surface area (Å²) in [7, 11) is 0. The zero-order chi connectivity index (χ0) is 18.3. The number of nitrogens with one attached hydrogen (secondary N) is 1. The Hall–Kier alpha value is -3.35. The Balaban J connectivity index is 1.58. The number of anilines is 1. The largest absolute Gasteiger partial charge is 0.482 e. The molecule has 0 fully saturated rings. The molecule has 0 atom stereocenters. The third-order valence-corrected chi connectivity index (χ3v) is 4.61. The van der Waals surface area contributed by atoms with E-state index >= 15 is 0 Å². The van der Waals surface area contributed by atoms with Gasteiger partial charge in [-0.3, -0.25) is 9.59 Å². The summed E-state index contributed by atoms with van der Waals surface area (Å²) in [5, 5.41) is 11.8. The maximum atomic E-state index is 12.9. The normalized spacial score (nSPS) is 15.4. The summed E-state index contributed by atoms with van der Waals surface area (Å²) in [5.41, 5.74) is 3.06. The van der Waals surface area contributed by atoms with Crippen molar-refractivity contribution in [2.75, 3.05) is 18.5 Å². The van der Waals surface area contributed by atoms with Crippen LogP contribution in [0.25, 0.3) is 0 Å². The molecule has 0 aliphatic carbocycles. The van der Waals surface area contributed by atoms with Crippen LogP contribution >= 0.6 is 0 Å². The number of nitrogens with zero attached hydrogens (tertiary/aromatic N) is 1. The van der Waals surface area contributed by atoms with E-state index in [1.54, 1.807) is 35.2 Å². The summed E-state index contributed by atoms with van der Waals surface area (Å²) in [4.78, 5) is 37.1. The van der Waals surface area contributed by atoms with Crippen molar-refractivity contribution in [1.82, 2.24) is 4.90 Å². The Morgan fingerprint density at radius 3 is 2.69 bits per heavy atom. The first kappa shape index (κ1) is 16.1. The van der Waals surface area contributed by atoms with Gasteiger partial charge in [0, 0.05) is 18.7 Å². The van der Waals surface area contributed by atoms with E-state index in [2.05, 4.69) is 5.32 Å². The number of fused-ring (bicyclic) bond motifs is 2. The van der Waals surface area contributed by atoms with Crippen LogP contribution in [0.3, 0.4) is 0 Å². The second-order valence-corrected chi connectivity index (χ2v) is 6.31. The number of carboxylic acids is 1. The number of ether oxygens (including phenoxy) is 1. The third kappa shape index (κ3) is 2.88. The van der Waals surface area contributed by atoms with Gasteiger partial charge in [0.2, 0.25) is 0 Å². The molecule has 2 aliphatic rings. The molecule has 132 valence electrons. The van der Waals surface area contributed by atoms with Gasteiger partial charge in [-0.15, -0.1) is 0 Å². The fourth-order valence-electron chi connectivity index (χ4n) is 3.26. The van der Waals surface area contributed by atoms with Gasteiger partial charge in [0.25, 0.3) is 11.8 Å². The lowest BCUT2D eigenvalue weighted by molar-refractivity contribution is -0.118. The highest BCUT2D eigenvalue weighted by Gasteiger charge is 2.24. The number of hydrogen-bond acceptors (Lipinski definition) is 4. The van der Waals surface area contributed by atoms with E-state index in [0.29, 0.717) is 36.5 Å². The molecule has 7 heteroatoms. The molecule has 2 heterocycles. The van der Waals surface area contributed by atoms with Gasteiger partial charge in [-0.2, -0.15) is 0 Å². The lowest BCUT2D eigenvalue weighted by atomic mass is 9.97. The van der Waals surface area contributed by atoms with Gasteiger partial charge in [-0.05, 0) is 47.9 Å². The van der Waals surface area contributed by atoms with Crippen molar-refractivity contribution >= 4 is 23.5 Å². The monoisotopic (exact) mass is 352 g/mol. The number of rotatable bonds is 2. The topological polar surface area (TPSA) is 95.9 Å². The number of benzene rings is 2. The van der Waals surface area contributed by atoms with Gasteiger partial charge < -0.3 is 20.1 Å². The number of carbonyl (C=O) groups is 3. The summed E-state index contributed by atoms with van der Waals surface area (Å²) < 4.78 is 5.31. The minimum atomic E-state index is -0.985. The predicted molar refractivity (Wildman–Crippen MR) is 92.4 cm³/mol. The highest BCUT2D eigenvalue weighted by atomic mass is 16.5. The molecule has 2 aromatic rings. The van der Waals surface area contributed by atoms with Gasteiger partial charge in [-0.25, -0.2) is 4.79 Å². The highest BCUT2D eigenvalue weighted by Crippen LogP contribution is 2.30. The van der Waals surface area contributed by atoms with Crippen LogP contribution in [-0.2, 0) is 17.8 Å². The minimum absolute atomic E-state index is 0.0326. The van der Waals surface area contributed by atoms with Crippen LogP contribution in [-0.4, -0.2) is 40.9 Å². The van der Waals surface area contributed by atoms with Crippen LogP contribution in [0.4, 0.5) is 5.69 Å². The van der Waals surface area contributed by atoms with Crippen LogP contribution in [0.1, 0.15) is 31.8 Å². The summed E-state index contributed by atoms with van der Waals surface area (Å²) in [6, 6.07) is 9.97. The molecule has 0 saturated carbocycles. The molecule has 0 aromatic heterocycles.